The van der Waals surface area contributed by atoms with Crippen LogP contribution >= 0.6 is 12.2 Å². The second kappa shape index (κ2) is 9.55. The van der Waals surface area contributed by atoms with Crippen LogP contribution in [0, 0.1) is 17.8 Å². The predicted molar refractivity (Wildman–Crippen MR) is 123 cm³/mol. The number of carbonyl (C=O) groups excluding carboxylic acids is 1. The van der Waals surface area contributed by atoms with Gasteiger partial charge in [-0.1, -0.05) is 58.7 Å². The number of nitrogens with zero attached hydrogens (tertiary/aromatic N) is 2. The molecule has 1 amide bonds. The first-order chi connectivity index (χ1) is 14.3. The van der Waals surface area contributed by atoms with Crippen molar-refractivity contribution in [3.8, 4) is 0 Å². The first-order valence-electron chi connectivity index (χ1n) is 10.6. The number of hydrazine groups is 1. The standard InChI is InChI=1S/C22H31N5O2S/c1-13(2)12-27-21(29)17-10-6-5-9-16(17)19(26-27)20(28)24-25-22(30)23-18-11-7-8-14(3)15(18)4/h5-6,9-10,13-15,18H,7-8,11-12H2,1-4H3,(H,24,28)(H2,23,25,30)/t14-,15-,18+/m1/s1. The number of hydrogen-bond acceptors (Lipinski definition) is 4. The van der Waals surface area contributed by atoms with Gasteiger partial charge in [0.1, 0.15) is 0 Å². The van der Waals surface area contributed by atoms with Crippen LogP contribution in [0.5, 0.6) is 0 Å². The molecule has 0 spiro atoms. The third kappa shape index (κ3) is 4.98. The molecule has 2 aromatic rings. The van der Waals surface area contributed by atoms with E-state index in [-0.39, 0.29) is 23.2 Å². The molecule has 0 saturated heterocycles. The molecule has 3 rings (SSSR count). The van der Waals surface area contributed by atoms with Crippen molar-refractivity contribution in [3.05, 3.63) is 40.3 Å². The number of aromatic nitrogens is 2. The van der Waals surface area contributed by atoms with E-state index in [0.717, 1.165) is 6.42 Å². The molecule has 30 heavy (non-hydrogen) atoms. The second-order valence-electron chi connectivity index (χ2n) is 8.70. The minimum Gasteiger partial charge on any atom is -0.358 e. The first-order valence-corrected chi connectivity index (χ1v) is 11.1. The number of carbonyl (C=O) groups is 1. The SMILES string of the molecule is CC(C)Cn1nc(C(=O)NNC(=S)N[C@H]2CCC[C@@H](C)[C@H]2C)c2ccccc2c1=O. The summed E-state index contributed by atoms with van der Waals surface area (Å²) in [5.74, 6) is 0.950. The first kappa shape index (κ1) is 22.2. The van der Waals surface area contributed by atoms with Gasteiger partial charge in [0, 0.05) is 18.0 Å². The highest BCUT2D eigenvalue weighted by Crippen LogP contribution is 2.29. The van der Waals surface area contributed by atoms with Crippen LogP contribution in [0.2, 0.25) is 0 Å². The monoisotopic (exact) mass is 429 g/mol. The van der Waals surface area contributed by atoms with E-state index in [9.17, 15) is 9.59 Å². The lowest BCUT2D eigenvalue weighted by molar-refractivity contribution is 0.0937. The van der Waals surface area contributed by atoms with Crippen molar-refractivity contribution in [2.75, 3.05) is 0 Å². The Morgan fingerprint density at radius 3 is 2.60 bits per heavy atom. The molecule has 1 heterocycles. The molecule has 0 bridgehead atoms. The van der Waals surface area contributed by atoms with Crippen molar-refractivity contribution in [2.24, 2.45) is 17.8 Å². The van der Waals surface area contributed by atoms with Crippen LogP contribution < -0.4 is 21.7 Å². The molecule has 1 aliphatic rings. The molecule has 8 heteroatoms. The van der Waals surface area contributed by atoms with Gasteiger partial charge in [0.2, 0.25) is 0 Å². The molecule has 1 aromatic carbocycles. The van der Waals surface area contributed by atoms with Crippen molar-refractivity contribution < 1.29 is 4.79 Å². The van der Waals surface area contributed by atoms with Gasteiger partial charge in [0.25, 0.3) is 11.5 Å². The molecule has 1 aliphatic carbocycles. The number of fused-ring (bicyclic) bond motifs is 1. The van der Waals surface area contributed by atoms with Crippen LogP contribution in [-0.2, 0) is 6.54 Å². The largest absolute Gasteiger partial charge is 0.358 e. The fourth-order valence-electron chi connectivity index (χ4n) is 4.04. The fourth-order valence-corrected chi connectivity index (χ4v) is 4.24. The molecule has 3 atom stereocenters. The van der Waals surface area contributed by atoms with Gasteiger partial charge in [-0.3, -0.25) is 20.4 Å². The zero-order valence-corrected chi connectivity index (χ0v) is 18.9. The van der Waals surface area contributed by atoms with Crippen molar-refractivity contribution in [3.63, 3.8) is 0 Å². The lowest BCUT2D eigenvalue weighted by atomic mass is 9.78. The van der Waals surface area contributed by atoms with Gasteiger partial charge < -0.3 is 5.32 Å². The zero-order valence-electron chi connectivity index (χ0n) is 18.1. The van der Waals surface area contributed by atoms with E-state index in [1.54, 1.807) is 24.3 Å². The maximum atomic E-state index is 12.9. The lowest BCUT2D eigenvalue weighted by Gasteiger charge is -2.35. The Labute approximate surface area is 182 Å². The van der Waals surface area contributed by atoms with E-state index in [1.165, 1.54) is 17.5 Å². The number of amides is 1. The molecular formula is C22H31N5O2S. The minimum atomic E-state index is -0.432. The Hall–Kier alpha value is -2.48. The van der Waals surface area contributed by atoms with E-state index >= 15 is 0 Å². The maximum absolute atomic E-state index is 12.9. The van der Waals surface area contributed by atoms with Crippen LogP contribution in [0.15, 0.2) is 29.1 Å². The quantitative estimate of drug-likeness (QED) is 0.512. The second-order valence-corrected chi connectivity index (χ2v) is 9.11. The number of thiocarbonyl (C=S) groups is 1. The van der Waals surface area contributed by atoms with E-state index in [0.29, 0.717) is 34.3 Å². The third-order valence-corrected chi connectivity index (χ3v) is 6.15. The molecule has 3 N–H and O–H groups in total. The zero-order chi connectivity index (χ0) is 21.8. The van der Waals surface area contributed by atoms with Crippen LogP contribution in [0.4, 0.5) is 0 Å². The number of rotatable bonds is 4. The van der Waals surface area contributed by atoms with Crippen LogP contribution in [0.1, 0.15) is 57.4 Å². The Morgan fingerprint density at radius 1 is 1.20 bits per heavy atom. The summed E-state index contributed by atoms with van der Waals surface area (Å²) in [5, 5.41) is 9.05. The Bertz CT molecular complexity index is 987. The number of hydrogen-bond donors (Lipinski definition) is 3. The molecular weight excluding hydrogens is 398 g/mol. The van der Waals surface area contributed by atoms with E-state index in [4.69, 9.17) is 12.2 Å². The van der Waals surface area contributed by atoms with Crippen LogP contribution in [0.3, 0.4) is 0 Å². The van der Waals surface area contributed by atoms with Crippen molar-refractivity contribution in [1.82, 2.24) is 25.9 Å². The highest BCUT2D eigenvalue weighted by molar-refractivity contribution is 7.80. The Morgan fingerprint density at radius 2 is 1.90 bits per heavy atom. The van der Waals surface area contributed by atoms with Crippen molar-refractivity contribution in [1.29, 1.82) is 0 Å². The van der Waals surface area contributed by atoms with E-state index in [2.05, 4.69) is 35.1 Å². The van der Waals surface area contributed by atoms with E-state index < -0.39 is 5.91 Å². The smallest absolute Gasteiger partial charge is 0.290 e. The summed E-state index contributed by atoms with van der Waals surface area (Å²) >= 11 is 5.38. The van der Waals surface area contributed by atoms with Crippen molar-refractivity contribution in [2.45, 2.75) is 59.5 Å². The van der Waals surface area contributed by atoms with Gasteiger partial charge in [-0.25, -0.2) is 4.68 Å². The van der Waals surface area contributed by atoms with Gasteiger partial charge in [0.05, 0.1) is 5.39 Å². The summed E-state index contributed by atoms with van der Waals surface area (Å²) < 4.78 is 1.36. The van der Waals surface area contributed by atoms with Gasteiger partial charge in [0.15, 0.2) is 10.8 Å². The molecule has 1 aromatic heterocycles. The van der Waals surface area contributed by atoms with Crippen LogP contribution in [-0.4, -0.2) is 26.8 Å². The number of benzene rings is 1. The van der Waals surface area contributed by atoms with Gasteiger partial charge in [-0.05, 0) is 42.5 Å². The Kier molecular flexibility index (Phi) is 7.07. The molecule has 0 unspecified atom stereocenters. The molecule has 0 radical (unpaired) electrons. The van der Waals surface area contributed by atoms with Gasteiger partial charge >= 0.3 is 0 Å². The summed E-state index contributed by atoms with van der Waals surface area (Å²) in [6.45, 7) is 8.94. The molecule has 162 valence electrons. The summed E-state index contributed by atoms with van der Waals surface area (Å²) in [6.07, 6.45) is 3.47. The Balaban J connectivity index is 1.74. The topological polar surface area (TPSA) is 88.1 Å². The summed E-state index contributed by atoms with van der Waals surface area (Å²) in [4.78, 5) is 25.6. The van der Waals surface area contributed by atoms with E-state index in [1.807, 2.05) is 13.8 Å². The third-order valence-electron chi connectivity index (χ3n) is 5.93. The van der Waals surface area contributed by atoms with Gasteiger partial charge in [-0.15, -0.1) is 0 Å². The summed E-state index contributed by atoms with van der Waals surface area (Å²) in [7, 11) is 0. The van der Waals surface area contributed by atoms with Gasteiger partial charge in [-0.2, -0.15) is 5.10 Å². The lowest BCUT2D eigenvalue weighted by Crippen LogP contribution is -2.52. The minimum absolute atomic E-state index is 0.193. The highest BCUT2D eigenvalue weighted by Gasteiger charge is 2.27. The molecule has 1 fully saturated rings. The fraction of sp³-hybridized carbons (Fsp3) is 0.545. The maximum Gasteiger partial charge on any atom is 0.290 e. The summed E-state index contributed by atoms with van der Waals surface area (Å²) in [6, 6.07) is 7.32. The number of nitrogens with one attached hydrogen (secondary N) is 3. The molecule has 0 aliphatic heterocycles. The predicted octanol–water partition coefficient (Wildman–Crippen LogP) is 2.99. The average molecular weight is 430 g/mol. The molecule has 1 saturated carbocycles. The summed E-state index contributed by atoms with van der Waals surface area (Å²) in [5.41, 5.74) is 5.43. The molecule has 7 nitrogen and oxygen atoms in total. The average Bonchev–Trinajstić information content (AvgIpc) is 2.71. The highest BCUT2D eigenvalue weighted by atomic mass is 32.1. The normalized spacial score (nSPS) is 21.4. The van der Waals surface area contributed by atoms with Crippen molar-refractivity contribution >= 4 is 34.0 Å². The van der Waals surface area contributed by atoms with Crippen LogP contribution in [0.25, 0.3) is 10.8 Å².